The molecule has 1 aromatic heterocycles. The molecule has 0 radical (unpaired) electrons. The number of carbonyl (C=O) groups excluding carboxylic acids is 1. The topological polar surface area (TPSA) is 64.4 Å². The lowest BCUT2D eigenvalue weighted by Gasteiger charge is -2.25. The Morgan fingerprint density at radius 3 is 3.06 bits per heavy atom. The zero-order valence-corrected chi connectivity index (χ0v) is 10.4. The second-order valence-corrected chi connectivity index (χ2v) is 5.36. The van der Waals surface area contributed by atoms with Gasteiger partial charge in [-0.3, -0.25) is 0 Å². The molecule has 17 heavy (non-hydrogen) atoms. The van der Waals surface area contributed by atoms with Crippen LogP contribution in [0.25, 0.3) is 0 Å². The van der Waals surface area contributed by atoms with Crippen molar-refractivity contribution < 1.29 is 14.1 Å². The van der Waals surface area contributed by atoms with E-state index in [1.54, 1.807) is 6.20 Å². The van der Waals surface area contributed by atoms with Crippen LogP contribution in [0.1, 0.15) is 38.5 Å². The molecule has 5 heteroatoms. The molecule has 0 bridgehead atoms. The molecule has 1 aliphatic carbocycles. The summed E-state index contributed by atoms with van der Waals surface area (Å²) >= 11 is 0. The highest BCUT2D eigenvalue weighted by molar-refractivity contribution is 5.68. The summed E-state index contributed by atoms with van der Waals surface area (Å²) in [6, 6.07) is 0.108. The largest absolute Gasteiger partial charge is 0.444 e. The van der Waals surface area contributed by atoms with Crippen LogP contribution in [-0.4, -0.2) is 22.9 Å². The number of nitrogens with zero attached hydrogens (tertiary/aromatic N) is 1. The van der Waals surface area contributed by atoms with Crippen LogP contribution < -0.4 is 5.32 Å². The van der Waals surface area contributed by atoms with Crippen molar-refractivity contribution in [2.45, 2.75) is 51.7 Å². The number of fused-ring (bicyclic) bond motifs is 1. The molecule has 0 spiro atoms. The van der Waals surface area contributed by atoms with Gasteiger partial charge in [-0.25, -0.2) is 4.79 Å². The highest BCUT2D eigenvalue weighted by Crippen LogP contribution is 2.21. The number of nitrogens with one attached hydrogen (secondary N) is 1. The second-order valence-electron chi connectivity index (χ2n) is 5.36. The summed E-state index contributed by atoms with van der Waals surface area (Å²) in [4.78, 5) is 11.6. The lowest BCUT2D eigenvalue weighted by Crippen LogP contribution is -2.41. The van der Waals surface area contributed by atoms with Crippen LogP contribution in [0.5, 0.6) is 0 Å². The Bertz CT molecular complexity index is 406. The molecule has 2 rings (SSSR count). The van der Waals surface area contributed by atoms with Crippen molar-refractivity contribution in [1.29, 1.82) is 0 Å². The van der Waals surface area contributed by atoms with E-state index in [4.69, 9.17) is 9.26 Å². The fourth-order valence-electron chi connectivity index (χ4n) is 1.93. The molecule has 1 amide bonds. The molecular weight excluding hydrogens is 220 g/mol. The number of rotatable bonds is 1. The third kappa shape index (κ3) is 3.22. The monoisotopic (exact) mass is 238 g/mol. The van der Waals surface area contributed by atoms with Gasteiger partial charge in [-0.2, -0.15) is 0 Å². The molecule has 1 aliphatic rings. The van der Waals surface area contributed by atoms with E-state index in [1.165, 1.54) is 0 Å². The zero-order valence-electron chi connectivity index (χ0n) is 10.4. The molecule has 0 aliphatic heterocycles. The summed E-state index contributed by atoms with van der Waals surface area (Å²) < 4.78 is 10.3. The molecule has 0 fully saturated rings. The molecule has 94 valence electrons. The summed E-state index contributed by atoms with van der Waals surface area (Å²) in [6.07, 6.45) is 3.80. The van der Waals surface area contributed by atoms with E-state index in [9.17, 15) is 4.79 Å². The molecule has 1 atom stereocenters. The Kier molecular flexibility index (Phi) is 3.09. The van der Waals surface area contributed by atoms with Crippen molar-refractivity contribution in [3.8, 4) is 0 Å². The molecule has 0 aromatic carbocycles. The van der Waals surface area contributed by atoms with Crippen molar-refractivity contribution in [1.82, 2.24) is 10.5 Å². The van der Waals surface area contributed by atoms with E-state index in [2.05, 4.69) is 10.5 Å². The van der Waals surface area contributed by atoms with E-state index >= 15 is 0 Å². The van der Waals surface area contributed by atoms with Crippen LogP contribution in [-0.2, 0) is 17.6 Å². The average Bonchev–Trinajstić information content (AvgIpc) is 2.61. The van der Waals surface area contributed by atoms with Crippen LogP contribution in [0, 0.1) is 0 Å². The van der Waals surface area contributed by atoms with Gasteiger partial charge in [0.25, 0.3) is 0 Å². The Hall–Kier alpha value is -1.52. The lowest BCUT2D eigenvalue weighted by atomic mass is 9.94. The molecule has 1 heterocycles. The van der Waals surface area contributed by atoms with E-state index in [0.29, 0.717) is 0 Å². The number of aromatic nitrogens is 1. The second kappa shape index (κ2) is 4.39. The quantitative estimate of drug-likeness (QED) is 0.813. The summed E-state index contributed by atoms with van der Waals surface area (Å²) in [5.41, 5.74) is 0.624. The van der Waals surface area contributed by atoms with E-state index in [-0.39, 0.29) is 12.1 Å². The zero-order chi connectivity index (χ0) is 12.5. The fourth-order valence-corrected chi connectivity index (χ4v) is 1.93. The third-order valence-corrected chi connectivity index (χ3v) is 2.64. The molecule has 0 saturated heterocycles. The number of alkyl carbamates (subject to hydrolysis) is 1. The molecule has 1 N–H and O–H groups in total. The summed E-state index contributed by atoms with van der Waals surface area (Å²) in [5, 5.41) is 6.63. The maximum absolute atomic E-state index is 11.6. The SMILES string of the molecule is CC(C)(C)OC(=O)NC1CCc2oncc2C1. The fraction of sp³-hybridized carbons (Fsp3) is 0.667. The van der Waals surface area contributed by atoms with Crippen LogP contribution in [0.15, 0.2) is 10.7 Å². The predicted molar refractivity (Wildman–Crippen MR) is 61.7 cm³/mol. The van der Waals surface area contributed by atoms with Gasteiger partial charge in [0.1, 0.15) is 11.4 Å². The first-order valence-electron chi connectivity index (χ1n) is 5.86. The van der Waals surface area contributed by atoms with Gasteiger partial charge in [-0.15, -0.1) is 0 Å². The smallest absolute Gasteiger partial charge is 0.407 e. The average molecular weight is 238 g/mol. The number of hydrogen-bond donors (Lipinski definition) is 1. The van der Waals surface area contributed by atoms with E-state index in [1.807, 2.05) is 20.8 Å². The van der Waals surface area contributed by atoms with Gasteiger partial charge in [0.2, 0.25) is 0 Å². The first kappa shape index (κ1) is 12.0. The van der Waals surface area contributed by atoms with Gasteiger partial charge in [0.05, 0.1) is 6.20 Å². The first-order chi connectivity index (χ1) is 7.94. The van der Waals surface area contributed by atoms with E-state index in [0.717, 1.165) is 30.6 Å². The molecule has 1 unspecified atom stereocenters. The number of ether oxygens (including phenoxy) is 1. The Morgan fingerprint density at radius 2 is 2.35 bits per heavy atom. The van der Waals surface area contributed by atoms with Crippen molar-refractivity contribution in [2.24, 2.45) is 0 Å². The standard InChI is InChI=1S/C12H18N2O3/c1-12(2,3)16-11(15)14-9-4-5-10-8(6-9)7-13-17-10/h7,9H,4-6H2,1-3H3,(H,14,15). The maximum Gasteiger partial charge on any atom is 0.407 e. The van der Waals surface area contributed by atoms with Crippen LogP contribution in [0.4, 0.5) is 4.79 Å². The highest BCUT2D eigenvalue weighted by Gasteiger charge is 2.25. The number of amides is 1. The van der Waals surface area contributed by atoms with Crippen molar-refractivity contribution in [3.63, 3.8) is 0 Å². The summed E-state index contributed by atoms with van der Waals surface area (Å²) in [7, 11) is 0. The minimum absolute atomic E-state index is 0.108. The molecular formula is C12H18N2O3. The predicted octanol–water partition coefficient (Wildman–Crippen LogP) is 2.06. The van der Waals surface area contributed by atoms with Gasteiger partial charge in [-0.05, 0) is 33.6 Å². The van der Waals surface area contributed by atoms with Crippen LogP contribution in [0.3, 0.4) is 0 Å². The van der Waals surface area contributed by atoms with Gasteiger partial charge in [-0.1, -0.05) is 5.16 Å². The minimum atomic E-state index is -0.457. The number of carbonyl (C=O) groups is 1. The van der Waals surface area contributed by atoms with Gasteiger partial charge < -0.3 is 14.6 Å². The maximum atomic E-state index is 11.6. The number of aryl methyl sites for hydroxylation is 1. The van der Waals surface area contributed by atoms with Gasteiger partial charge >= 0.3 is 6.09 Å². The van der Waals surface area contributed by atoms with Crippen molar-refractivity contribution in [2.75, 3.05) is 0 Å². The molecule has 1 aromatic rings. The summed E-state index contributed by atoms with van der Waals surface area (Å²) in [5.74, 6) is 0.937. The lowest BCUT2D eigenvalue weighted by molar-refractivity contribution is 0.0499. The first-order valence-corrected chi connectivity index (χ1v) is 5.86. The van der Waals surface area contributed by atoms with E-state index < -0.39 is 5.60 Å². The normalized spacial score (nSPS) is 19.6. The Balaban J connectivity index is 1.88. The highest BCUT2D eigenvalue weighted by atomic mass is 16.6. The van der Waals surface area contributed by atoms with Gasteiger partial charge in [0, 0.05) is 18.0 Å². The van der Waals surface area contributed by atoms with Crippen LogP contribution in [0.2, 0.25) is 0 Å². The molecule has 5 nitrogen and oxygen atoms in total. The Labute approximate surface area is 101 Å². The van der Waals surface area contributed by atoms with Gasteiger partial charge in [0.15, 0.2) is 0 Å². The molecule has 0 saturated carbocycles. The van der Waals surface area contributed by atoms with Crippen molar-refractivity contribution >= 4 is 6.09 Å². The Morgan fingerprint density at radius 1 is 1.59 bits per heavy atom. The van der Waals surface area contributed by atoms with Crippen LogP contribution >= 0.6 is 0 Å². The minimum Gasteiger partial charge on any atom is -0.444 e. The van der Waals surface area contributed by atoms with Crippen molar-refractivity contribution in [3.05, 3.63) is 17.5 Å². The summed E-state index contributed by atoms with van der Waals surface area (Å²) in [6.45, 7) is 5.56. The third-order valence-electron chi connectivity index (χ3n) is 2.64. The number of hydrogen-bond acceptors (Lipinski definition) is 4.